The summed E-state index contributed by atoms with van der Waals surface area (Å²) in [5.74, 6) is 0. The first-order valence-corrected chi connectivity index (χ1v) is 11.0. The average molecular weight is 407 g/mol. The zero-order valence-electron chi connectivity index (χ0n) is 18.0. The number of hydrogen-bond acceptors (Lipinski definition) is 0. The highest BCUT2D eigenvalue weighted by Gasteiger charge is 2.12. The Morgan fingerprint density at radius 2 is 1.06 bits per heavy atom. The van der Waals surface area contributed by atoms with Crippen molar-refractivity contribution in [3.63, 3.8) is 0 Å². The van der Waals surface area contributed by atoms with E-state index in [-0.39, 0.29) is 0 Å². The van der Waals surface area contributed by atoms with Crippen molar-refractivity contribution in [1.29, 1.82) is 0 Å². The van der Waals surface area contributed by atoms with Gasteiger partial charge in [-0.2, -0.15) is 0 Å². The number of hydrogen-bond donors (Lipinski definition) is 0. The Kier molecular flexibility index (Phi) is 4.43. The minimum Gasteiger partial charge on any atom is -0.309 e. The molecular formula is C30H22BN. The summed E-state index contributed by atoms with van der Waals surface area (Å²) in [4.78, 5) is 0. The lowest BCUT2D eigenvalue weighted by Crippen LogP contribution is -2.00. The monoisotopic (exact) mass is 407 g/mol. The standard InChI is InChI=1S/C30H22BN/c31-25-17-18-30-28(20-25)27-11-4-5-12-29(27)32(30)26-10-6-9-24(19-26)23-15-13-22(14-16-23)21-7-2-1-3-8-21/h1-20H,31H2. The van der Waals surface area contributed by atoms with E-state index in [1.54, 1.807) is 0 Å². The molecule has 0 atom stereocenters. The van der Waals surface area contributed by atoms with Gasteiger partial charge in [-0.25, -0.2) is 0 Å². The fourth-order valence-corrected chi connectivity index (χ4v) is 4.68. The number of benzene rings is 5. The fraction of sp³-hybridized carbons (Fsp3) is 0. The van der Waals surface area contributed by atoms with Crippen molar-refractivity contribution >= 4 is 35.1 Å². The average Bonchev–Trinajstić information content (AvgIpc) is 3.18. The fourth-order valence-electron chi connectivity index (χ4n) is 4.68. The van der Waals surface area contributed by atoms with Crippen molar-refractivity contribution in [3.8, 4) is 27.9 Å². The third-order valence-corrected chi connectivity index (χ3v) is 6.26. The Bertz CT molecular complexity index is 1560. The quantitative estimate of drug-likeness (QED) is 0.300. The van der Waals surface area contributed by atoms with E-state index < -0.39 is 0 Å². The van der Waals surface area contributed by atoms with Gasteiger partial charge in [-0.1, -0.05) is 103 Å². The summed E-state index contributed by atoms with van der Waals surface area (Å²) in [6.07, 6.45) is 0. The zero-order chi connectivity index (χ0) is 21.5. The van der Waals surface area contributed by atoms with Crippen molar-refractivity contribution in [2.24, 2.45) is 0 Å². The van der Waals surface area contributed by atoms with E-state index in [2.05, 4.69) is 134 Å². The third kappa shape index (κ3) is 3.12. The van der Waals surface area contributed by atoms with Gasteiger partial charge in [-0.3, -0.25) is 0 Å². The van der Waals surface area contributed by atoms with Gasteiger partial charge in [0.05, 0.1) is 11.0 Å². The zero-order valence-corrected chi connectivity index (χ0v) is 18.0. The van der Waals surface area contributed by atoms with Crippen molar-refractivity contribution in [2.45, 2.75) is 0 Å². The molecule has 0 fully saturated rings. The molecule has 5 aromatic carbocycles. The Hall–Kier alpha value is -4.04. The summed E-state index contributed by atoms with van der Waals surface area (Å²) in [6, 6.07) is 43.6. The molecule has 0 aliphatic heterocycles. The number of fused-ring (bicyclic) bond motifs is 3. The Morgan fingerprint density at radius 1 is 0.438 bits per heavy atom. The number of nitrogens with zero attached hydrogens (tertiary/aromatic N) is 1. The highest BCUT2D eigenvalue weighted by Crippen LogP contribution is 2.33. The highest BCUT2D eigenvalue weighted by atomic mass is 15.0. The second-order valence-electron chi connectivity index (χ2n) is 8.37. The molecule has 0 spiro atoms. The molecule has 1 aromatic heterocycles. The minimum absolute atomic E-state index is 1.18. The molecule has 1 heterocycles. The van der Waals surface area contributed by atoms with Gasteiger partial charge in [0.15, 0.2) is 0 Å². The first-order chi connectivity index (χ1) is 15.8. The molecule has 0 unspecified atom stereocenters. The van der Waals surface area contributed by atoms with Gasteiger partial charge in [0, 0.05) is 16.5 Å². The largest absolute Gasteiger partial charge is 0.309 e. The maximum absolute atomic E-state index is 2.38. The lowest BCUT2D eigenvalue weighted by molar-refractivity contribution is 1.18. The van der Waals surface area contributed by atoms with Gasteiger partial charge in [0.1, 0.15) is 7.85 Å². The normalized spacial score (nSPS) is 11.2. The summed E-state index contributed by atoms with van der Waals surface area (Å²) in [7, 11) is 2.16. The highest BCUT2D eigenvalue weighted by molar-refractivity contribution is 6.33. The van der Waals surface area contributed by atoms with Crippen LogP contribution in [0.4, 0.5) is 0 Å². The Balaban J connectivity index is 1.48. The molecule has 0 aliphatic carbocycles. The van der Waals surface area contributed by atoms with E-state index in [9.17, 15) is 0 Å². The van der Waals surface area contributed by atoms with Gasteiger partial charge in [0.25, 0.3) is 0 Å². The van der Waals surface area contributed by atoms with Crippen LogP contribution < -0.4 is 5.46 Å². The van der Waals surface area contributed by atoms with E-state index in [0.29, 0.717) is 0 Å². The first-order valence-electron chi connectivity index (χ1n) is 11.0. The van der Waals surface area contributed by atoms with E-state index in [4.69, 9.17) is 0 Å². The van der Waals surface area contributed by atoms with Crippen molar-refractivity contribution < 1.29 is 0 Å². The lowest BCUT2D eigenvalue weighted by atomic mass is 9.94. The van der Waals surface area contributed by atoms with Crippen LogP contribution in [-0.4, -0.2) is 12.4 Å². The van der Waals surface area contributed by atoms with Crippen LogP contribution in [0.2, 0.25) is 0 Å². The summed E-state index contributed by atoms with van der Waals surface area (Å²) in [5.41, 5.74) is 9.88. The predicted molar refractivity (Wildman–Crippen MR) is 140 cm³/mol. The van der Waals surface area contributed by atoms with Gasteiger partial charge in [-0.05, 0) is 46.5 Å². The van der Waals surface area contributed by atoms with Gasteiger partial charge in [-0.15, -0.1) is 0 Å². The van der Waals surface area contributed by atoms with Crippen LogP contribution in [0.3, 0.4) is 0 Å². The smallest absolute Gasteiger partial charge is 0.139 e. The molecule has 32 heavy (non-hydrogen) atoms. The molecule has 0 saturated heterocycles. The SMILES string of the molecule is Bc1ccc2c(c1)c1ccccc1n2-c1cccc(-c2ccc(-c3ccccc3)cc2)c1. The summed E-state index contributed by atoms with van der Waals surface area (Å²) in [5, 5.41) is 2.60. The van der Waals surface area contributed by atoms with Crippen LogP contribution in [0.15, 0.2) is 121 Å². The van der Waals surface area contributed by atoms with Gasteiger partial charge < -0.3 is 4.57 Å². The van der Waals surface area contributed by atoms with E-state index >= 15 is 0 Å². The number of aromatic nitrogens is 1. The van der Waals surface area contributed by atoms with Crippen LogP contribution in [0.5, 0.6) is 0 Å². The molecule has 0 saturated carbocycles. The minimum atomic E-state index is 1.18. The lowest BCUT2D eigenvalue weighted by Gasteiger charge is -2.11. The molecule has 2 heteroatoms. The van der Waals surface area contributed by atoms with Crippen LogP contribution in [0.25, 0.3) is 49.7 Å². The molecule has 6 aromatic rings. The molecule has 0 aliphatic rings. The molecule has 6 rings (SSSR count). The van der Waals surface area contributed by atoms with Crippen molar-refractivity contribution in [1.82, 2.24) is 4.57 Å². The molecule has 150 valence electrons. The van der Waals surface area contributed by atoms with Crippen molar-refractivity contribution in [2.75, 3.05) is 0 Å². The van der Waals surface area contributed by atoms with Gasteiger partial charge >= 0.3 is 0 Å². The third-order valence-electron chi connectivity index (χ3n) is 6.26. The maximum atomic E-state index is 2.38. The van der Waals surface area contributed by atoms with Crippen LogP contribution in [0, 0.1) is 0 Å². The predicted octanol–water partition coefficient (Wildman–Crippen LogP) is 6.38. The molecular weight excluding hydrogens is 385 g/mol. The van der Waals surface area contributed by atoms with E-state index in [1.165, 1.54) is 55.2 Å². The molecule has 0 bridgehead atoms. The number of para-hydroxylation sites is 1. The second kappa shape index (κ2) is 7.58. The summed E-state index contributed by atoms with van der Waals surface area (Å²) in [6.45, 7) is 0. The maximum Gasteiger partial charge on any atom is 0.139 e. The summed E-state index contributed by atoms with van der Waals surface area (Å²) < 4.78 is 2.38. The Labute approximate surface area is 189 Å². The molecule has 0 N–H and O–H groups in total. The second-order valence-corrected chi connectivity index (χ2v) is 8.37. The summed E-state index contributed by atoms with van der Waals surface area (Å²) >= 11 is 0. The Morgan fingerprint density at radius 3 is 1.88 bits per heavy atom. The molecule has 0 amide bonds. The van der Waals surface area contributed by atoms with Crippen molar-refractivity contribution in [3.05, 3.63) is 121 Å². The van der Waals surface area contributed by atoms with Crippen LogP contribution in [0.1, 0.15) is 0 Å². The van der Waals surface area contributed by atoms with Gasteiger partial charge in [0.2, 0.25) is 0 Å². The van der Waals surface area contributed by atoms with Crippen LogP contribution >= 0.6 is 0 Å². The molecule has 0 radical (unpaired) electrons. The molecule has 1 nitrogen and oxygen atoms in total. The first kappa shape index (κ1) is 18.7. The topological polar surface area (TPSA) is 4.93 Å². The van der Waals surface area contributed by atoms with E-state index in [1.807, 2.05) is 0 Å². The van der Waals surface area contributed by atoms with Crippen LogP contribution in [-0.2, 0) is 0 Å². The van der Waals surface area contributed by atoms with E-state index in [0.717, 1.165) is 0 Å². The number of rotatable bonds is 3.